The van der Waals surface area contributed by atoms with Crippen LogP contribution < -0.4 is 0 Å². The summed E-state index contributed by atoms with van der Waals surface area (Å²) in [6, 6.07) is 21.4. The van der Waals surface area contributed by atoms with Gasteiger partial charge < -0.3 is 0 Å². The molecule has 0 N–H and O–H groups in total. The fraction of sp³-hybridized carbons (Fsp3) is 0.226. The Balaban J connectivity index is 1.45. The number of carbonyl (C=O) groups is 2. The lowest BCUT2D eigenvalue weighted by Gasteiger charge is -2.07. The van der Waals surface area contributed by atoms with Crippen molar-refractivity contribution in [3.63, 3.8) is 0 Å². The predicted octanol–water partition coefficient (Wildman–Crippen LogP) is 10.1. The maximum atomic E-state index is 11.4. The van der Waals surface area contributed by atoms with Crippen molar-refractivity contribution in [1.29, 1.82) is 0 Å². The van der Waals surface area contributed by atoms with E-state index >= 15 is 0 Å². The van der Waals surface area contributed by atoms with Gasteiger partial charge in [-0.15, -0.1) is 22.7 Å². The third-order valence-corrected chi connectivity index (χ3v) is 10.3. The maximum Gasteiger partial charge on any atom is 0.190 e. The molecule has 6 heteroatoms. The van der Waals surface area contributed by atoms with Gasteiger partial charge in [0.1, 0.15) is 0 Å². The lowest BCUT2D eigenvalue weighted by Crippen LogP contribution is -1.86. The van der Waals surface area contributed by atoms with Gasteiger partial charge in [-0.05, 0) is 103 Å². The normalized spacial score (nSPS) is 13.4. The fourth-order valence-electron chi connectivity index (χ4n) is 4.89. The number of thioether (sulfide) groups is 2. The third kappa shape index (κ3) is 5.88. The van der Waals surface area contributed by atoms with Crippen LogP contribution in [0.5, 0.6) is 0 Å². The van der Waals surface area contributed by atoms with Crippen molar-refractivity contribution < 1.29 is 9.59 Å². The quantitative estimate of drug-likeness (QED) is 0.220. The van der Waals surface area contributed by atoms with E-state index in [0.29, 0.717) is 0 Å². The predicted molar refractivity (Wildman–Crippen MR) is 163 cm³/mol. The van der Waals surface area contributed by atoms with E-state index in [4.69, 9.17) is 0 Å². The molecule has 0 saturated heterocycles. The van der Waals surface area contributed by atoms with E-state index in [1.54, 1.807) is 13.8 Å². The number of carbonyl (C=O) groups excluding carboxylic acids is 2. The van der Waals surface area contributed by atoms with Gasteiger partial charge in [0, 0.05) is 43.1 Å². The third-order valence-electron chi connectivity index (χ3n) is 6.50. The van der Waals surface area contributed by atoms with Gasteiger partial charge in [0.25, 0.3) is 0 Å². The summed E-state index contributed by atoms with van der Waals surface area (Å²) in [5, 5.41) is 0.220. The first-order valence-corrected chi connectivity index (χ1v) is 15.6. The molecule has 2 aromatic carbocycles. The molecule has 0 radical (unpaired) electrons. The summed E-state index contributed by atoms with van der Waals surface area (Å²) in [5.74, 6) is 0. The zero-order valence-electron chi connectivity index (χ0n) is 21.3. The van der Waals surface area contributed by atoms with Gasteiger partial charge in [-0.1, -0.05) is 47.8 Å². The molecule has 0 spiro atoms. The lowest BCUT2D eigenvalue weighted by molar-refractivity contribution is -0.109. The molecule has 5 rings (SSSR count). The molecule has 0 saturated carbocycles. The van der Waals surface area contributed by atoms with Crippen molar-refractivity contribution >= 4 is 67.6 Å². The first-order valence-electron chi connectivity index (χ1n) is 12.3. The van der Waals surface area contributed by atoms with Crippen LogP contribution in [0.2, 0.25) is 0 Å². The second-order valence-corrected chi connectivity index (χ2v) is 14.2. The van der Waals surface area contributed by atoms with Crippen LogP contribution in [0.4, 0.5) is 0 Å². The highest BCUT2D eigenvalue weighted by Crippen LogP contribution is 2.47. The van der Waals surface area contributed by atoms with Crippen molar-refractivity contribution in [2.75, 3.05) is 0 Å². The van der Waals surface area contributed by atoms with Gasteiger partial charge in [0.15, 0.2) is 10.2 Å². The molecular weight excluding hydrogens is 533 g/mol. The average molecular weight is 561 g/mol. The molecule has 0 amide bonds. The minimum Gasteiger partial charge on any atom is -0.287 e. The first kappa shape index (κ1) is 26.2. The Morgan fingerprint density at radius 1 is 0.649 bits per heavy atom. The first-order chi connectivity index (χ1) is 17.8. The molecule has 2 heterocycles. The number of hydrogen-bond acceptors (Lipinski definition) is 6. The largest absolute Gasteiger partial charge is 0.287 e. The number of rotatable bonds is 6. The van der Waals surface area contributed by atoms with Crippen LogP contribution in [-0.2, 0) is 9.59 Å². The molecule has 2 nitrogen and oxygen atoms in total. The average Bonchev–Trinajstić information content (AvgIpc) is 3.57. The van der Waals surface area contributed by atoms with Crippen molar-refractivity contribution in [3.8, 4) is 20.9 Å². The van der Waals surface area contributed by atoms with E-state index in [0.717, 1.165) is 22.6 Å². The molecule has 4 aromatic rings. The molecule has 1 aliphatic rings. The van der Waals surface area contributed by atoms with Crippen LogP contribution in [0.15, 0.2) is 70.5 Å². The van der Waals surface area contributed by atoms with Crippen LogP contribution in [0.25, 0.3) is 32.0 Å². The highest BCUT2D eigenvalue weighted by atomic mass is 32.2. The Kier molecular flexibility index (Phi) is 7.91. The summed E-state index contributed by atoms with van der Waals surface area (Å²) in [5.41, 5.74) is 8.15. The van der Waals surface area contributed by atoms with E-state index in [2.05, 4.69) is 50.2 Å². The Hall–Kier alpha value is -2.38. The monoisotopic (exact) mass is 560 g/mol. The summed E-state index contributed by atoms with van der Waals surface area (Å²) in [4.78, 5) is 30.1. The number of benzene rings is 2. The van der Waals surface area contributed by atoms with E-state index in [1.807, 2.05) is 46.9 Å². The van der Waals surface area contributed by atoms with Gasteiger partial charge >= 0.3 is 0 Å². The summed E-state index contributed by atoms with van der Waals surface area (Å²) in [6.45, 7) is 7.67. The highest BCUT2D eigenvalue weighted by Gasteiger charge is 2.23. The van der Waals surface area contributed by atoms with Crippen LogP contribution in [0, 0.1) is 13.8 Å². The van der Waals surface area contributed by atoms with Crippen molar-refractivity contribution in [1.82, 2.24) is 0 Å². The highest BCUT2D eigenvalue weighted by molar-refractivity contribution is 8.13. The molecule has 37 heavy (non-hydrogen) atoms. The Morgan fingerprint density at radius 3 is 1.38 bits per heavy atom. The lowest BCUT2D eigenvalue weighted by atomic mass is 9.96. The van der Waals surface area contributed by atoms with Gasteiger partial charge in [-0.3, -0.25) is 9.59 Å². The number of aryl methyl sites for hydroxylation is 2. The molecular formula is C31H28O2S4. The van der Waals surface area contributed by atoms with Gasteiger partial charge in [-0.2, -0.15) is 0 Å². The fourth-order valence-corrected chi connectivity index (χ4v) is 8.21. The van der Waals surface area contributed by atoms with Gasteiger partial charge in [0.2, 0.25) is 0 Å². The number of thiophene rings is 2. The molecule has 1 aliphatic carbocycles. The molecule has 0 unspecified atom stereocenters. The standard InChI is InChI=1S/C31H28O2S4/c1-18-28(16-30(34-18)22-8-12-24(13-9-22)36-20(3)32)26-6-5-7-27(26)29-17-31(35-19(29)2)23-10-14-25(15-11-23)37-21(4)33/h8-17H,5-7H2,1-4H3. The number of hydrogen-bond donors (Lipinski definition) is 0. The number of allylic oxidation sites excluding steroid dienone is 2. The van der Waals surface area contributed by atoms with Crippen LogP contribution in [0.3, 0.4) is 0 Å². The zero-order valence-corrected chi connectivity index (χ0v) is 24.6. The molecule has 0 bridgehead atoms. The second kappa shape index (κ2) is 11.2. The minimum atomic E-state index is 0.110. The van der Waals surface area contributed by atoms with Crippen molar-refractivity contribution in [2.45, 2.75) is 56.7 Å². The second-order valence-electron chi connectivity index (χ2n) is 9.21. The molecule has 0 fully saturated rings. The molecule has 188 valence electrons. The van der Waals surface area contributed by atoms with Crippen LogP contribution in [-0.4, -0.2) is 10.2 Å². The maximum absolute atomic E-state index is 11.4. The summed E-state index contributed by atoms with van der Waals surface area (Å²) < 4.78 is 0. The van der Waals surface area contributed by atoms with Crippen molar-refractivity contribution in [3.05, 3.63) is 81.5 Å². The Bertz CT molecular complexity index is 1390. The van der Waals surface area contributed by atoms with Gasteiger partial charge in [0.05, 0.1) is 0 Å². The molecule has 0 atom stereocenters. The van der Waals surface area contributed by atoms with Crippen LogP contribution in [0.1, 0.15) is 54.0 Å². The topological polar surface area (TPSA) is 34.1 Å². The minimum absolute atomic E-state index is 0.110. The SMILES string of the molecule is CC(=O)Sc1ccc(-c2cc(C3=C(c4cc(-c5ccc(SC(C)=O)cc5)sc4C)CCC3)c(C)s2)cc1. The Labute approximate surface area is 235 Å². The van der Waals surface area contributed by atoms with E-state index in [9.17, 15) is 9.59 Å². The van der Waals surface area contributed by atoms with E-state index in [-0.39, 0.29) is 10.2 Å². The summed E-state index contributed by atoms with van der Waals surface area (Å²) in [7, 11) is 0. The Morgan fingerprint density at radius 2 is 1.03 bits per heavy atom. The molecule has 0 aliphatic heterocycles. The van der Waals surface area contributed by atoms with Crippen molar-refractivity contribution in [2.24, 2.45) is 0 Å². The molecule has 2 aromatic heterocycles. The zero-order chi connectivity index (χ0) is 26.1. The smallest absolute Gasteiger partial charge is 0.190 e. The van der Waals surface area contributed by atoms with Crippen LogP contribution >= 0.6 is 46.2 Å². The van der Waals surface area contributed by atoms with Gasteiger partial charge in [-0.25, -0.2) is 0 Å². The summed E-state index contributed by atoms with van der Waals surface area (Å²) in [6.07, 6.45) is 3.41. The van der Waals surface area contributed by atoms with E-state index < -0.39 is 0 Å². The summed E-state index contributed by atoms with van der Waals surface area (Å²) >= 11 is 6.26. The van der Waals surface area contributed by atoms with E-state index in [1.165, 1.54) is 82.9 Å².